The van der Waals surface area contributed by atoms with Crippen LogP contribution in [0.3, 0.4) is 0 Å². The second kappa shape index (κ2) is 5.12. The molecule has 1 N–H and O–H groups in total. The Balaban J connectivity index is 2.39. The van der Waals surface area contributed by atoms with Crippen LogP contribution < -0.4 is 0 Å². The number of nitriles is 1. The SMILES string of the molecule is Cc1nn(C)c(Sc2ccnc(C(=O)O)c2)c1C#N. The highest BCUT2D eigenvalue weighted by Crippen LogP contribution is 2.31. The third-order valence-electron chi connectivity index (χ3n) is 2.45. The van der Waals surface area contributed by atoms with Gasteiger partial charge < -0.3 is 5.11 Å². The first-order chi connectivity index (χ1) is 9.02. The maximum absolute atomic E-state index is 10.9. The van der Waals surface area contributed by atoms with Crippen LogP contribution >= 0.6 is 11.8 Å². The second-order valence-electron chi connectivity index (χ2n) is 3.78. The fourth-order valence-electron chi connectivity index (χ4n) is 1.59. The zero-order valence-electron chi connectivity index (χ0n) is 10.3. The maximum atomic E-state index is 10.9. The van der Waals surface area contributed by atoms with E-state index in [4.69, 9.17) is 10.4 Å². The quantitative estimate of drug-likeness (QED) is 0.918. The Bertz CT molecular complexity index is 688. The first-order valence-corrected chi connectivity index (χ1v) is 6.15. The lowest BCUT2D eigenvalue weighted by molar-refractivity contribution is 0.0690. The molecule has 0 aliphatic rings. The predicted molar refractivity (Wildman–Crippen MR) is 68.0 cm³/mol. The van der Waals surface area contributed by atoms with E-state index in [0.29, 0.717) is 21.2 Å². The smallest absolute Gasteiger partial charge is 0.354 e. The van der Waals surface area contributed by atoms with E-state index in [2.05, 4.69) is 16.2 Å². The molecule has 0 saturated heterocycles. The Kier molecular flexibility index (Phi) is 3.53. The first-order valence-electron chi connectivity index (χ1n) is 5.34. The van der Waals surface area contributed by atoms with Gasteiger partial charge in [-0.2, -0.15) is 10.4 Å². The summed E-state index contributed by atoms with van der Waals surface area (Å²) < 4.78 is 1.61. The average Bonchev–Trinajstić information content (AvgIpc) is 2.64. The largest absolute Gasteiger partial charge is 0.477 e. The number of carbonyl (C=O) groups is 1. The number of nitrogens with zero attached hydrogens (tertiary/aromatic N) is 4. The Labute approximate surface area is 113 Å². The predicted octanol–water partition coefficient (Wildman–Crippen LogP) is 1.84. The zero-order chi connectivity index (χ0) is 14.0. The molecule has 0 atom stereocenters. The van der Waals surface area contributed by atoms with E-state index in [1.807, 2.05) is 0 Å². The van der Waals surface area contributed by atoms with Crippen LogP contribution in [-0.4, -0.2) is 25.8 Å². The van der Waals surface area contributed by atoms with Gasteiger partial charge in [0.15, 0.2) is 0 Å². The summed E-state index contributed by atoms with van der Waals surface area (Å²) in [7, 11) is 1.75. The zero-order valence-corrected chi connectivity index (χ0v) is 11.1. The number of rotatable bonds is 3. The van der Waals surface area contributed by atoms with E-state index in [-0.39, 0.29) is 5.69 Å². The van der Waals surface area contributed by atoms with E-state index < -0.39 is 5.97 Å². The molecule has 2 aromatic heterocycles. The van der Waals surface area contributed by atoms with Crippen molar-refractivity contribution in [3.8, 4) is 6.07 Å². The van der Waals surface area contributed by atoms with Crippen LogP contribution in [0, 0.1) is 18.3 Å². The van der Waals surface area contributed by atoms with E-state index in [0.717, 1.165) is 0 Å². The summed E-state index contributed by atoms with van der Waals surface area (Å²) in [6.07, 6.45) is 1.43. The highest BCUT2D eigenvalue weighted by molar-refractivity contribution is 7.99. The Morgan fingerprint density at radius 3 is 2.95 bits per heavy atom. The summed E-state index contributed by atoms with van der Waals surface area (Å²) >= 11 is 1.29. The van der Waals surface area contributed by atoms with Crippen molar-refractivity contribution in [1.29, 1.82) is 5.26 Å². The number of aryl methyl sites for hydroxylation is 2. The van der Waals surface area contributed by atoms with Crippen molar-refractivity contribution >= 4 is 17.7 Å². The van der Waals surface area contributed by atoms with Crippen LogP contribution in [0.2, 0.25) is 0 Å². The van der Waals surface area contributed by atoms with Crippen molar-refractivity contribution in [1.82, 2.24) is 14.8 Å². The topological polar surface area (TPSA) is 91.8 Å². The molecule has 7 heteroatoms. The molecule has 0 spiro atoms. The molecule has 6 nitrogen and oxygen atoms in total. The van der Waals surface area contributed by atoms with E-state index >= 15 is 0 Å². The minimum absolute atomic E-state index is 0.0256. The van der Waals surface area contributed by atoms with E-state index in [1.165, 1.54) is 24.0 Å². The van der Waals surface area contributed by atoms with Gasteiger partial charge in [-0.05, 0) is 19.1 Å². The molecule has 0 aliphatic carbocycles. The Morgan fingerprint density at radius 1 is 1.58 bits per heavy atom. The van der Waals surface area contributed by atoms with Gasteiger partial charge >= 0.3 is 5.97 Å². The molecule has 19 heavy (non-hydrogen) atoms. The van der Waals surface area contributed by atoms with Gasteiger partial charge in [0.2, 0.25) is 0 Å². The lowest BCUT2D eigenvalue weighted by Crippen LogP contribution is -1.99. The highest BCUT2D eigenvalue weighted by Gasteiger charge is 2.15. The summed E-state index contributed by atoms with van der Waals surface area (Å²) in [6.45, 7) is 1.76. The van der Waals surface area contributed by atoms with Crippen LogP contribution in [-0.2, 0) is 7.05 Å². The van der Waals surface area contributed by atoms with Crippen molar-refractivity contribution in [2.45, 2.75) is 16.8 Å². The van der Waals surface area contributed by atoms with Crippen molar-refractivity contribution < 1.29 is 9.90 Å². The van der Waals surface area contributed by atoms with Crippen molar-refractivity contribution in [2.24, 2.45) is 7.05 Å². The molecule has 0 bridgehead atoms. The van der Waals surface area contributed by atoms with Crippen LogP contribution in [0.15, 0.2) is 28.3 Å². The number of hydrogen-bond donors (Lipinski definition) is 1. The molecule has 0 saturated carbocycles. The standard InChI is InChI=1S/C12H10N4O2S/c1-7-9(6-13)11(16(2)15-7)19-8-3-4-14-10(5-8)12(17)18/h3-5H,1-2H3,(H,17,18). The van der Waals surface area contributed by atoms with Crippen molar-refractivity contribution in [2.75, 3.05) is 0 Å². The number of aromatic nitrogens is 3. The molecular weight excluding hydrogens is 264 g/mol. The number of carboxylic acid groups (broad SMARTS) is 1. The normalized spacial score (nSPS) is 10.2. The van der Waals surface area contributed by atoms with Crippen LogP contribution in [0.1, 0.15) is 21.7 Å². The second-order valence-corrected chi connectivity index (χ2v) is 4.85. The van der Waals surface area contributed by atoms with Gasteiger partial charge in [0.25, 0.3) is 0 Å². The number of carboxylic acids is 1. The minimum Gasteiger partial charge on any atom is -0.477 e. The molecule has 0 unspecified atom stereocenters. The molecule has 0 radical (unpaired) electrons. The fourth-order valence-corrected chi connectivity index (χ4v) is 2.58. The van der Waals surface area contributed by atoms with Gasteiger partial charge in [0.1, 0.15) is 22.4 Å². The van der Waals surface area contributed by atoms with Crippen LogP contribution in [0.5, 0.6) is 0 Å². The van der Waals surface area contributed by atoms with Gasteiger partial charge in [-0.15, -0.1) is 0 Å². The molecule has 0 aromatic carbocycles. The van der Waals surface area contributed by atoms with Crippen molar-refractivity contribution in [3.05, 3.63) is 35.3 Å². The summed E-state index contributed by atoms with van der Waals surface area (Å²) in [5.41, 5.74) is 1.13. The summed E-state index contributed by atoms with van der Waals surface area (Å²) in [5, 5.41) is 22.9. The highest BCUT2D eigenvalue weighted by atomic mass is 32.2. The molecule has 2 rings (SSSR count). The average molecular weight is 274 g/mol. The maximum Gasteiger partial charge on any atom is 0.354 e. The number of pyridine rings is 1. The molecule has 0 aliphatic heterocycles. The van der Waals surface area contributed by atoms with Crippen LogP contribution in [0.4, 0.5) is 0 Å². The number of hydrogen-bond acceptors (Lipinski definition) is 5. The van der Waals surface area contributed by atoms with Gasteiger partial charge in [-0.25, -0.2) is 9.78 Å². The summed E-state index contributed by atoms with van der Waals surface area (Å²) in [5.74, 6) is -1.08. The van der Waals surface area contributed by atoms with Gasteiger partial charge in [-0.1, -0.05) is 11.8 Å². The minimum atomic E-state index is -1.08. The van der Waals surface area contributed by atoms with Crippen LogP contribution in [0.25, 0.3) is 0 Å². The Morgan fingerprint density at radius 2 is 2.32 bits per heavy atom. The van der Waals surface area contributed by atoms with E-state index in [1.54, 1.807) is 24.7 Å². The first kappa shape index (κ1) is 13.1. The molecule has 0 fully saturated rings. The molecule has 0 amide bonds. The third-order valence-corrected chi connectivity index (χ3v) is 3.60. The lowest BCUT2D eigenvalue weighted by atomic mass is 10.3. The van der Waals surface area contributed by atoms with Gasteiger partial charge in [0, 0.05) is 18.1 Å². The lowest BCUT2D eigenvalue weighted by Gasteiger charge is -2.03. The molecule has 2 aromatic rings. The van der Waals surface area contributed by atoms with E-state index in [9.17, 15) is 4.79 Å². The monoisotopic (exact) mass is 274 g/mol. The Hall–Kier alpha value is -2.33. The van der Waals surface area contributed by atoms with Gasteiger partial charge in [-0.3, -0.25) is 4.68 Å². The molecular formula is C12H10N4O2S. The molecule has 96 valence electrons. The number of aromatic carboxylic acids is 1. The third kappa shape index (κ3) is 2.58. The van der Waals surface area contributed by atoms with Gasteiger partial charge in [0.05, 0.1) is 5.69 Å². The summed E-state index contributed by atoms with van der Waals surface area (Å²) in [6, 6.07) is 5.27. The summed E-state index contributed by atoms with van der Waals surface area (Å²) in [4.78, 5) is 15.3. The fraction of sp³-hybridized carbons (Fsp3) is 0.167. The molecule has 2 heterocycles. The van der Waals surface area contributed by atoms with Crippen molar-refractivity contribution in [3.63, 3.8) is 0 Å².